The van der Waals surface area contributed by atoms with Crippen LogP contribution in [0.2, 0.25) is 0 Å². The number of urea groups is 1. The van der Waals surface area contributed by atoms with Gasteiger partial charge in [-0.3, -0.25) is 14.9 Å². The van der Waals surface area contributed by atoms with E-state index in [1.54, 1.807) is 0 Å². The minimum Gasteiger partial charge on any atom is -0.383 e. The second-order valence-corrected chi connectivity index (χ2v) is 6.05. The Morgan fingerprint density at radius 2 is 2.04 bits per heavy atom. The summed E-state index contributed by atoms with van der Waals surface area (Å²) in [4.78, 5) is 35.0. The number of aliphatic hydroxyl groups is 2. The molecule has 2 aliphatic rings. The highest BCUT2D eigenvalue weighted by Crippen LogP contribution is 2.35. The Kier molecular flexibility index (Phi) is 4.20. The van der Waals surface area contributed by atoms with Crippen LogP contribution in [0.4, 0.5) is 4.79 Å². The van der Waals surface area contributed by atoms with Gasteiger partial charge in [0.15, 0.2) is 5.92 Å². The standard InChI is InChI=1S/C13H18N6O5/c20-9(8-10(21)16-12(23)17-11(8)22)15-6-1-3-13(24,4-2-6)7-5-14-19-18-7/h5-6,8,10,21,24H,1-4H2,(H,15,20)(H,14,18,19)(H2,16,17,22,23). The zero-order chi connectivity index (χ0) is 17.3. The molecule has 3 rings (SSSR count). The van der Waals surface area contributed by atoms with E-state index < -0.39 is 35.6 Å². The third-order valence-electron chi connectivity index (χ3n) is 4.45. The number of amides is 4. The van der Waals surface area contributed by atoms with Crippen LogP contribution in [0.1, 0.15) is 31.4 Å². The van der Waals surface area contributed by atoms with Crippen LogP contribution >= 0.6 is 0 Å². The summed E-state index contributed by atoms with van der Waals surface area (Å²) in [6.07, 6.45) is 1.60. The first kappa shape index (κ1) is 16.3. The molecule has 1 aliphatic heterocycles. The fourth-order valence-corrected chi connectivity index (χ4v) is 3.06. The molecule has 11 heteroatoms. The quantitative estimate of drug-likeness (QED) is 0.340. The first-order valence-electron chi connectivity index (χ1n) is 7.57. The summed E-state index contributed by atoms with van der Waals surface area (Å²) >= 11 is 0. The van der Waals surface area contributed by atoms with E-state index in [4.69, 9.17) is 0 Å². The minimum atomic E-state index is -1.57. The summed E-state index contributed by atoms with van der Waals surface area (Å²) in [6, 6.07) is -1.09. The summed E-state index contributed by atoms with van der Waals surface area (Å²) in [5, 5.41) is 37.0. The van der Waals surface area contributed by atoms with Crippen LogP contribution < -0.4 is 16.0 Å². The lowest BCUT2D eigenvalue weighted by Gasteiger charge is -2.35. The molecular formula is C13H18N6O5. The van der Waals surface area contributed by atoms with Gasteiger partial charge in [-0.25, -0.2) is 4.79 Å². The Hall–Kier alpha value is -2.53. The maximum atomic E-state index is 12.2. The van der Waals surface area contributed by atoms with Crippen molar-refractivity contribution >= 4 is 17.8 Å². The van der Waals surface area contributed by atoms with Crippen molar-refractivity contribution in [2.75, 3.05) is 0 Å². The number of hydrogen-bond donors (Lipinski definition) is 6. The molecule has 2 atom stereocenters. The highest BCUT2D eigenvalue weighted by molar-refractivity contribution is 6.08. The van der Waals surface area contributed by atoms with E-state index >= 15 is 0 Å². The Labute approximate surface area is 136 Å². The number of carbonyl (C=O) groups is 3. The summed E-state index contributed by atoms with van der Waals surface area (Å²) in [5.74, 6) is -2.92. The first-order chi connectivity index (χ1) is 11.4. The molecule has 24 heavy (non-hydrogen) atoms. The molecule has 0 aromatic carbocycles. The topological polar surface area (TPSA) is 169 Å². The van der Waals surface area contributed by atoms with E-state index in [2.05, 4.69) is 26.0 Å². The fourth-order valence-electron chi connectivity index (χ4n) is 3.06. The van der Waals surface area contributed by atoms with E-state index in [0.717, 1.165) is 0 Å². The van der Waals surface area contributed by atoms with Crippen LogP contribution in [0.3, 0.4) is 0 Å². The average Bonchev–Trinajstić information content (AvgIpc) is 3.04. The van der Waals surface area contributed by atoms with Crippen molar-refractivity contribution in [3.63, 3.8) is 0 Å². The Bertz CT molecular complexity index is 639. The largest absolute Gasteiger partial charge is 0.383 e. The number of hydrogen-bond acceptors (Lipinski definition) is 7. The van der Waals surface area contributed by atoms with Crippen molar-refractivity contribution in [3.8, 4) is 0 Å². The molecule has 1 aromatic rings. The van der Waals surface area contributed by atoms with Gasteiger partial charge in [0, 0.05) is 6.04 Å². The predicted octanol–water partition coefficient (Wildman–Crippen LogP) is -2.17. The lowest BCUT2D eigenvalue weighted by atomic mass is 9.80. The molecule has 2 fully saturated rings. The van der Waals surface area contributed by atoms with Crippen molar-refractivity contribution in [1.82, 2.24) is 31.4 Å². The van der Waals surface area contributed by atoms with E-state index in [9.17, 15) is 24.6 Å². The average molecular weight is 338 g/mol. The lowest BCUT2D eigenvalue weighted by Crippen LogP contribution is -2.62. The molecule has 2 unspecified atom stereocenters. The fraction of sp³-hybridized carbons (Fsp3) is 0.615. The zero-order valence-corrected chi connectivity index (χ0v) is 12.7. The van der Waals surface area contributed by atoms with E-state index in [1.807, 2.05) is 5.32 Å². The SMILES string of the molecule is O=C1NC(=O)C(C(=O)NC2CCC(O)(c3cn[nH]n3)CC2)C(O)N1. The van der Waals surface area contributed by atoms with Gasteiger partial charge in [0.25, 0.3) is 0 Å². The molecule has 2 heterocycles. The lowest BCUT2D eigenvalue weighted by molar-refractivity contribution is -0.142. The van der Waals surface area contributed by atoms with Crippen LogP contribution in [-0.2, 0) is 15.2 Å². The summed E-state index contributed by atoms with van der Waals surface area (Å²) < 4.78 is 0. The highest BCUT2D eigenvalue weighted by atomic mass is 16.3. The van der Waals surface area contributed by atoms with Gasteiger partial charge >= 0.3 is 6.03 Å². The first-order valence-corrected chi connectivity index (χ1v) is 7.57. The number of imide groups is 1. The number of aliphatic hydroxyl groups excluding tert-OH is 1. The van der Waals surface area contributed by atoms with Crippen LogP contribution in [0.15, 0.2) is 6.20 Å². The highest BCUT2D eigenvalue weighted by Gasteiger charge is 2.42. The Balaban J connectivity index is 1.57. The third-order valence-corrected chi connectivity index (χ3v) is 4.45. The molecule has 0 radical (unpaired) electrons. The van der Waals surface area contributed by atoms with Crippen LogP contribution in [0.5, 0.6) is 0 Å². The molecule has 1 saturated carbocycles. The number of nitrogens with one attached hydrogen (secondary N) is 4. The summed E-state index contributed by atoms with van der Waals surface area (Å²) in [7, 11) is 0. The van der Waals surface area contributed by atoms with Gasteiger partial charge in [0.1, 0.15) is 17.5 Å². The van der Waals surface area contributed by atoms with E-state index in [0.29, 0.717) is 31.4 Å². The predicted molar refractivity (Wildman–Crippen MR) is 76.8 cm³/mol. The monoisotopic (exact) mass is 338 g/mol. The van der Waals surface area contributed by atoms with E-state index in [-0.39, 0.29) is 6.04 Å². The van der Waals surface area contributed by atoms with Crippen LogP contribution in [0.25, 0.3) is 0 Å². The molecule has 1 saturated heterocycles. The molecule has 0 spiro atoms. The molecule has 1 aliphatic carbocycles. The van der Waals surface area contributed by atoms with Crippen LogP contribution in [-0.4, -0.2) is 55.7 Å². The van der Waals surface area contributed by atoms with Gasteiger partial charge in [0.05, 0.1) is 6.20 Å². The molecular weight excluding hydrogens is 320 g/mol. The van der Waals surface area contributed by atoms with E-state index in [1.165, 1.54) is 6.20 Å². The van der Waals surface area contributed by atoms with Crippen molar-refractivity contribution in [2.24, 2.45) is 5.92 Å². The van der Waals surface area contributed by atoms with Crippen molar-refractivity contribution in [3.05, 3.63) is 11.9 Å². The second-order valence-electron chi connectivity index (χ2n) is 6.05. The van der Waals surface area contributed by atoms with Crippen molar-refractivity contribution in [1.29, 1.82) is 0 Å². The molecule has 130 valence electrons. The molecule has 6 N–H and O–H groups in total. The summed E-state index contributed by atoms with van der Waals surface area (Å²) in [6.45, 7) is 0. The number of carbonyl (C=O) groups excluding carboxylic acids is 3. The molecule has 11 nitrogen and oxygen atoms in total. The number of rotatable bonds is 3. The second kappa shape index (κ2) is 6.17. The number of H-pyrrole nitrogens is 1. The van der Waals surface area contributed by atoms with Gasteiger partial charge in [-0.2, -0.15) is 15.4 Å². The van der Waals surface area contributed by atoms with Crippen LogP contribution in [0, 0.1) is 5.92 Å². The minimum absolute atomic E-state index is 0.248. The number of aromatic nitrogens is 3. The maximum Gasteiger partial charge on any atom is 0.323 e. The summed E-state index contributed by atoms with van der Waals surface area (Å²) in [5.41, 5.74) is -0.638. The maximum absolute atomic E-state index is 12.2. The van der Waals surface area contributed by atoms with Gasteiger partial charge < -0.3 is 20.8 Å². The van der Waals surface area contributed by atoms with Gasteiger partial charge in [-0.05, 0) is 25.7 Å². The normalized spacial score (nSPS) is 33.5. The van der Waals surface area contributed by atoms with Crippen molar-refractivity contribution < 1.29 is 24.6 Å². The van der Waals surface area contributed by atoms with Gasteiger partial charge in [0.2, 0.25) is 11.8 Å². The molecule has 4 amide bonds. The number of nitrogens with zero attached hydrogens (tertiary/aromatic N) is 2. The molecule has 1 aromatic heterocycles. The van der Waals surface area contributed by atoms with Gasteiger partial charge in [-0.15, -0.1) is 0 Å². The van der Waals surface area contributed by atoms with Gasteiger partial charge in [-0.1, -0.05) is 0 Å². The smallest absolute Gasteiger partial charge is 0.323 e. The third kappa shape index (κ3) is 3.08. The number of aromatic amines is 1. The Morgan fingerprint density at radius 3 is 2.62 bits per heavy atom. The molecule has 0 bridgehead atoms. The Morgan fingerprint density at radius 1 is 1.33 bits per heavy atom. The zero-order valence-electron chi connectivity index (χ0n) is 12.7. The van der Waals surface area contributed by atoms with Crippen molar-refractivity contribution in [2.45, 2.75) is 43.6 Å².